The Kier molecular flexibility index (Phi) is 7.90. The summed E-state index contributed by atoms with van der Waals surface area (Å²) in [6.07, 6.45) is 4.89. The van der Waals surface area contributed by atoms with Crippen LogP contribution >= 0.6 is 0 Å². The van der Waals surface area contributed by atoms with Crippen LogP contribution in [-0.4, -0.2) is 59.7 Å². The van der Waals surface area contributed by atoms with Gasteiger partial charge in [-0.3, -0.25) is 9.67 Å². The number of nitrogens with zero attached hydrogens (tertiary/aromatic N) is 6. The van der Waals surface area contributed by atoms with Gasteiger partial charge in [0.05, 0.1) is 33.1 Å². The fraction of sp³-hybridized carbons (Fsp3) is 0.304. The maximum atomic E-state index is 15.2. The molecule has 3 aromatic rings. The zero-order valence-corrected chi connectivity index (χ0v) is 19.4. The van der Waals surface area contributed by atoms with E-state index in [1.807, 2.05) is 13.2 Å². The number of benzene rings is 1. The summed E-state index contributed by atoms with van der Waals surface area (Å²) >= 11 is 0. The van der Waals surface area contributed by atoms with E-state index in [9.17, 15) is 5.11 Å². The molecule has 0 amide bonds. The molecule has 2 heterocycles. The highest BCUT2D eigenvalue weighted by atomic mass is 19.1. The lowest BCUT2D eigenvalue weighted by molar-refractivity contribution is 0.202. The van der Waals surface area contributed by atoms with E-state index >= 15 is 8.78 Å². The molecule has 0 spiro atoms. The second-order valence-corrected chi connectivity index (χ2v) is 7.43. The Hall–Kier alpha value is -3.86. The smallest absolute Gasteiger partial charge is 0.191 e. The zero-order valence-electron chi connectivity index (χ0n) is 19.4. The Morgan fingerprint density at radius 3 is 2.44 bits per heavy atom. The first-order valence-electron chi connectivity index (χ1n) is 10.3. The third kappa shape index (κ3) is 5.37. The molecule has 9 nitrogen and oxygen atoms in total. The average molecular weight is 472 g/mol. The van der Waals surface area contributed by atoms with Crippen LogP contribution in [0.5, 0.6) is 11.5 Å². The first-order valence-corrected chi connectivity index (χ1v) is 10.3. The third-order valence-corrected chi connectivity index (χ3v) is 4.85. The number of hydrogen-bond acceptors (Lipinski definition) is 8. The van der Waals surface area contributed by atoms with Gasteiger partial charge in [-0.25, -0.2) is 18.8 Å². The number of aryl methyl sites for hydroxylation is 1. The van der Waals surface area contributed by atoms with Crippen LogP contribution in [0, 0.1) is 11.6 Å². The zero-order chi connectivity index (χ0) is 24.8. The van der Waals surface area contributed by atoms with Gasteiger partial charge < -0.3 is 19.5 Å². The second-order valence-electron chi connectivity index (χ2n) is 7.43. The molecule has 0 aliphatic rings. The minimum atomic E-state index is -0.963. The van der Waals surface area contributed by atoms with Crippen molar-refractivity contribution in [3.63, 3.8) is 0 Å². The van der Waals surface area contributed by atoms with Crippen molar-refractivity contribution in [2.45, 2.75) is 19.4 Å². The number of halogens is 2. The molecule has 1 aromatic carbocycles. The van der Waals surface area contributed by atoms with E-state index in [2.05, 4.69) is 26.8 Å². The summed E-state index contributed by atoms with van der Waals surface area (Å²) < 4.78 is 42.1. The second kappa shape index (κ2) is 10.8. The topological polar surface area (TPSA) is 97.4 Å². The fourth-order valence-electron chi connectivity index (χ4n) is 3.30. The summed E-state index contributed by atoms with van der Waals surface area (Å²) in [6.45, 7) is 4.85. The van der Waals surface area contributed by atoms with Crippen LogP contribution in [0.3, 0.4) is 0 Å². The van der Waals surface area contributed by atoms with Crippen molar-refractivity contribution < 1.29 is 23.4 Å². The van der Waals surface area contributed by atoms with E-state index in [0.717, 1.165) is 11.6 Å². The number of aliphatic hydroxyl groups excluding tert-OH is 1. The van der Waals surface area contributed by atoms with Gasteiger partial charge in [-0.05, 0) is 31.3 Å². The largest absolute Gasteiger partial charge is 0.493 e. The van der Waals surface area contributed by atoms with Crippen LogP contribution in [0.25, 0.3) is 0 Å². The lowest BCUT2D eigenvalue weighted by Crippen LogP contribution is -2.29. The molecular formula is C23H26F2N6O3. The highest BCUT2D eigenvalue weighted by molar-refractivity contribution is 5.74. The molecule has 180 valence electrons. The summed E-state index contributed by atoms with van der Waals surface area (Å²) in [7, 11) is 4.34. The van der Waals surface area contributed by atoms with Crippen LogP contribution in [0.2, 0.25) is 0 Å². The molecule has 0 saturated carbocycles. The number of pyridine rings is 1. The molecule has 3 rings (SSSR count). The highest BCUT2D eigenvalue weighted by Gasteiger charge is 2.27. The lowest BCUT2D eigenvalue weighted by Gasteiger charge is -2.27. The highest BCUT2D eigenvalue weighted by Crippen LogP contribution is 2.40. The molecular weight excluding hydrogens is 446 g/mol. The fourth-order valence-corrected chi connectivity index (χ4v) is 3.30. The monoisotopic (exact) mass is 472 g/mol. The molecule has 0 radical (unpaired) electrons. The summed E-state index contributed by atoms with van der Waals surface area (Å²) in [5.41, 5.74) is 0.918. The molecule has 34 heavy (non-hydrogen) atoms. The van der Waals surface area contributed by atoms with Gasteiger partial charge in [0.2, 0.25) is 0 Å². The summed E-state index contributed by atoms with van der Waals surface area (Å²) in [5, 5.41) is 14.2. The Balaban J connectivity index is 2.03. The molecule has 0 bridgehead atoms. The van der Waals surface area contributed by atoms with Gasteiger partial charge in [0.1, 0.15) is 17.2 Å². The standard InChI is InChI=1S/C23H26F2N6O3/c1-14(32)12-31(22-20(24)17(33-4)10-18(34-5)21(22)25)19-7-6-16(23(26-2)29-19)27-9-8-15-11-28-30(3)13-15/h6-7,9-11,13-14,32H,2,8,12H2,1,3-5H3/b27-9-. The maximum absolute atomic E-state index is 15.2. The predicted molar refractivity (Wildman–Crippen MR) is 127 cm³/mol. The Labute approximate surface area is 196 Å². The van der Waals surface area contributed by atoms with Crippen molar-refractivity contribution >= 4 is 35.9 Å². The van der Waals surface area contributed by atoms with Crippen molar-refractivity contribution in [2.24, 2.45) is 17.0 Å². The number of aliphatic imine (C=N–C) groups is 2. The predicted octanol–water partition coefficient (Wildman–Crippen LogP) is 3.91. The number of hydrogen-bond donors (Lipinski definition) is 1. The molecule has 2 aromatic heterocycles. The van der Waals surface area contributed by atoms with E-state index in [0.29, 0.717) is 12.1 Å². The summed E-state index contributed by atoms with van der Waals surface area (Å²) in [6, 6.07) is 4.24. The minimum Gasteiger partial charge on any atom is -0.493 e. The number of rotatable bonds is 10. The first-order chi connectivity index (χ1) is 16.3. The number of aromatic nitrogens is 3. The minimum absolute atomic E-state index is 0.127. The van der Waals surface area contributed by atoms with E-state index in [1.165, 1.54) is 32.1 Å². The Morgan fingerprint density at radius 1 is 1.24 bits per heavy atom. The van der Waals surface area contributed by atoms with Crippen LogP contribution in [-0.2, 0) is 13.5 Å². The number of ether oxygens (including phenoxy) is 2. The third-order valence-electron chi connectivity index (χ3n) is 4.85. The van der Waals surface area contributed by atoms with Crippen molar-refractivity contribution in [1.29, 1.82) is 0 Å². The summed E-state index contributed by atoms with van der Waals surface area (Å²) in [5.74, 6) is -2.08. The molecule has 0 aliphatic heterocycles. The van der Waals surface area contributed by atoms with Crippen LogP contribution in [0.1, 0.15) is 12.5 Å². The van der Waals surface area contributed by atoms with E-state index in [-0.39, 0.29) is 29.7 Å². The number of anilines is 2. The van der Waals surface area contributed by atoms with Crippen LogP contribution < -0.4 is 14.4 Å². The van der Waals surface area contributed by atoms with Gasteiger partial charge >= 0.3 is 0 Å². The summed E-state index contributed by atoms with van der Waals surface area (Å²) in [4.78, 5) is 13.9. The van der Waals surface area contributed by atoms with Gasteiger partial charge in [-0.1, -0.05) is 0 Å². The first kappa shape index (κ1) is 24.8. The number of methoxy groups -OCH3 is 2. The average Bonchev–Trinajstić information content (AvgIpc) is 3.23. The molecule has 0 fully saturated rings. The van der Waals surface area contributed by atoms with Crippen molar-refractivity contribution in [3.05, 3.63) is 47.8 Å². The maximum Gasteiger partial charge on any atom is 0.191 e. The van der Waals surface area contributed by atoms with Gasteiger partial charge in [0, 0.05) is 31.9 Å². The molecule has 1 atom stereocenters. The normalized spacial score (nSPS) is 12.1. The SMILES string of the molecule is C=Nc1nc(N(CC(C)O)c2c(F)c(OC)cc(OC)c2F)ccc1/N=C\Cc1cnn(C)c1. The van der Waals surface area contributed by atoms with Crippen molar-refractivity contribution in [2.75, 3.05) is 25.7 Å². The molecule has 0 aliphatic carbocycles. The van der Waals surface area contributed by atoms with Crippen LogP contribution in [0.4, 0.5) is 31.8 Å². The number of aliphatic hydroxyl groups is 1. The molecule has 11 heteroatoms. The van der Waals surface area contributed by atoms with Gasteiger partial charge in [-0.2, -0.15) is 5.10 Å². The van der Waals surface area contributed by atoms with Crippen molar-refractivity contribution in [1.82, 2.24) is 14.8 Å². The van der Waals surface area contributed by atoms with Crippen molar-refractivity contribution in [3.8, 4) is 11.5 Å². The lowest BCUT2D eigenvalue weighted by atomic mass is 10.2. The molecule has 1 N–H and O–H groups in total. The quantitative estimate of drug-likeness (QED) is 0.450. The van der Waals surface area contributed by atoms with Gasteiger partial charge in [0.25, 0.3) is 0 Å². The van der Waals surface area contributed by atoms with Gasteiger partial charge in [-0.15, -0.1) is 0 Å². The van der Waals surface area contributed by atoms with E-state index in [4.69, 9.17) is 9.47 Å². The molecule has 1 unspecified atom stereocenters. The molecule has 0 saturated heterocycles. The van der Waals surface area contributed by atoms with E-state index in [1.54, 1.807) is 23.2 Å². The van der Waals surface area contributed by atoms with E-state index < -0.39 is 23.4 Å². The van der Waals surface area contributed by atoms with Crippen LogP contribution in [0.15, 0.2) is 40.6 Å². The Bertz CT molecular complexity index is 1170. The van der Waals surface area contributed by atoms with Gasteiger partial charge in [0.15, 0.2) is 29.0 Å². The Morgan fingerprint density at radius 2 is 1.91 bits per heavy atom.